The lowest BCUT2D eigenvalue weighted by atomic mass is 9.82. The average molecular weight is 428 g/mol. The van der Waals surface area contributed by atoms with E-state index in [1.54, 1.807) is 42.2 Å². The molecular formula is C26H25N3O3. The Hall–Kier alpha value is -3.93. The zero-order chi connectivity index (χ0) is 22.7. The minimum absolute atomic E-state index is 0.175. The zero-order valence-electron chi connectivity index (χ0n) is 18.1. The zero-order valence-corrected chi connectivity index (χ0v) is 18.1. The number of nitrogens with one attached hydrogen (secondary N) is 2. The predicted molar refractivity (Wildman–Crippen MR) is 124 cm³/mol. The number of amides is 3. The van der Waals surface area contributed by atoms with Crippen LogP contribution in [-0.4, -0.2) is 23.3 Å². The molecular weight excluding hydrogens is 402 g/mol. The summed E-state index contributed by atoms with van der Waals surface area (Å²) in [6, 6.07) is 24.0. The summed E-state index contributed by atoms with van der Waals surface area (Å²) >= 11 is 0. The van der Waals surface area contributed by atoms with E-state index in [1.807, 2.05) is 48.5 Å². The minimum Gasteiger partial charge on any atom is -0.350 e. The van der Waals surface area contributed by atoms with Gasteiger partial charge in [0.1, 0.15) is 5.54 Å². The lowest BCUT2D eigenvalue weighted by molar-refractivity contribution is -0.126. The molecule has 1 aliphatic rings. The first kappa shape index (κ1) is 21.3. The maximum Gasteiger partial charge on any atom is 0.259 e. The molecule has 1 aliphatic heterocycles. The van der Waals surface area contributed by atoms with Gasteiger partial charge in [-0.1, -0.05) is 48.5 Å². The molecule has 3 aromatic carbocycles. The van der Waals surface area contributed by atoms with Crippen molar-refractivity contribution in [2.75, 3.05) is 10.2 Å². The SMILES string of the molecule is CC(=O)Nc1ccc(N2C(=O)c3ccccc3C[C@]2(C)C(=O)NCc2ccccc2)cc1. The molecule has 32 heavy (non-hydrogen) atoms. The number of nitrogens with zero attached hydrogens (tertiary/aromatic N) is 1. The third-order valence-corrected chi connectivity index (χ3v) is 5.71. The molecule has 162 valence electrons. The van der Waals surface area contributed by atoms with Crippen molar-refractivity contribution in [3.05, 3.63) is 95.6 Å². The number of anilines is 2. The molecule has 0 unspecified atom stereocenters. The van der Waals surface area contributed by atoms with Crippen LogP contribution in [0.15, 0.2) is 78.9 Å². The van der Waals surface area contributed by atoms with Crippen molar-refractivity contribution >= 4 is 29.1 Å². The van der Waals surface area contributed by atoms with Gasteiger partial charge in [0.25, 0.3) is 5.91 Å². The monoisotopic (exact) mass is 427 g/mol. The largest absolute Gasteiger partial charge is 0.350 e. The van der Waals surface area contributed by atoms with Gasteiger partial charge in [-0.25, -0.2) is 0 Å². The van der Waals surface area contributed by atoms with Gasteiger partial charge in [-0.3, -0.25) is 19.3 Å². The minimum atomic E-state index is -1.12. The highest BCUT2D eigenvalue weighted by molar-refractivity contribution is 6.14. The average Bonchev–Trinajstić information content (AvgIpc) is 2.79. The normalized spacial score (nSPS) is 17.4. The predicted octanol–water partition coefficient (Wildman–Crippen LogP) is 3.92. The summed E-state index contributed by atoms with van der Waals surface area (Å²) in [6.45, 7) is 3.61. The Morgan fingerprint density at radius 3 is 2.28 bits per heavy atom. The summed E-state index contributed by atoms with van der Waals surface area (Å²) in [5.41, 5.74) is 2.53. The molecule has 4 rings (SSSR count). The Morgan fingerprint density at radius 2 is 1.59 bits per heavy atom. The van der Waals surface area contributed by atoms with Gasteiger partial charge in [-0.05, 0) is 48.4 Å². The van der Waals surface area contributed by atoms with Crippen molar-refractivity contribution in [1.29, 1.82) is 0 Å². The van der Waals surface area contributed by atoms with E-state index in [-0.39, 0.29) is 17.7 Å². The van der Waals surface area contributed by atoms with Crippen molar-refractivity contribution in [2.24, 2.45) is 0 Å². The molecule has 0 aliphatic carbocycles. The highest BCUT2D eigenvalue weighted by atomic mass is 16.2. The van der Waals surface area contributed by atoms with E-state index in [1.165, 1.54) is 6.92 Å². The summed E-state index contributed by atoms with van der Waals surface area (Å²) in [4.78, 5) is 39.9. The van der Waals surface area contributed by atoms with E-state index in [2.05, 4.69) is 10.6 Å². The van der Waals surface area contributed by atoms with Crippen LogP contribution in [0, 0.1) is 0 Å². The number of carbonyl (C=O) groups is 3. The number of hydrogen-bond donors (Lipinski definition) is 2. The van der Waals surface area contributed by atoms with Crippen molar-refractivity contribution in [3.63, 3.8) is 0 Å². The van der Waals surface area contributed by atoms with Crippen LogP contribution in [0.3, 0.4) is 0 Å². The first-order chi connectivity index (χ1) is 15.4. The van der Waals surface area contributed by atoms with E-state index in [9.17, 15) is 14.4 Å². The highest BCUT2D eigenvalue weighted by Gasteiger charge is 2.47. The number of carbonyl (C=O) groups excluding carboxylic acids is 3. The van der Waals surface area contributed by atoms with E-state index < -0.39 is 5.54 Å². The van der Waals surface area contributed by atoms with Gasteiger partial charge >= 0.3 is 0 Å². The molecule has 0 fully saturated rings. The molecule has 6 heteroatoms. The van der Waals surface area contributed by atoms with Gasteiger partial charge in [0, 0.05) is 36.8 Å². The number of rotatable bonds is 5. The van der Waals surface area contributed by atoms with Crippen LogP contribution in [-0.2, 0) is 22.6 Å². The fraction of sp³-hybridized carbons (Fsp3) is 0.192. The van der Waals surface area contributed by atoms with Crippen molar-refractivity contribution in [3.8, 4) is 0 Å². The van der Waals surface area contributed by atoms with Crippen molar-refractivity contribution in [2.45, 2.75) is 32.4 Å². The van der Waals surface area contributed by atoms with E-state index in [0.29, 0.717) is 29.9 Å². The molecule has 2 N–H and O–H groups in total. The Morgan fingerprint density at radius 1 is 0.938 bits per heavy atom. The van der Waals surface area contributed by atoms with Crippen LogP contribution in [0.2, 0.25) is 0 Å². The molecule has 1 atom stereocenters. The van der Waals surface area contributed by atoms with Gasteiger partial charge in [-0.2, -0.15) is 0 Å². The Bertz CT molecular complexity index is 1160. The summed E-state index contributed by atoms with van der Waals surface area (Å²) < 4.78 is 0. The Kier molecular flexibility index (Phi) is 5.77. The molecule has 0 spiro atoms. The Labute approximate surface area is 187 Å². The molecule has 0 radical (unpaired) electrons. The first-order valence-corrected chi connectivity index (χ1v) is 10.5. The van der Waals surface area contributed by atoms with E-state index in [4.69, 9.17) is 0 Å². The van der Waals surface area contributed by atoms with Crippen molar-refractivity contribution in [1.82, 2.24) is 5.32 Å². The van der Waals surface area contributed by atoms with Gasteiger partial charge in [-0.15, -0.1) is 0 Å². The third kappa shape index (κ3) is 4.12. The van der Waals surface area contributed by atoms with Crippen LogP contribution in [0.25, 0.3) is 0 Å². The molecule has 0 bridgehead atoms. The van der Waals surface area contributed by atoms with E-state index >= 15 is 0 Å². The van der Waals surface area contributed by atoms with Gasteiger partial charge < -0.3 is 10.6 Å². The summed E-state index contributed by atoms with van der Waals surface area (Å²) in [7, 11) is 0. The summed E-state index contributed by atoms with van der Waals surface area (Å²) in [6.07, 6.45) is 0.392. The summed E-state index contributed by atoms with van der Waals surface area (Å²) in [5.74, 6) is -0.627. The molecule has 3 aromatic rings. The van der Waals surface area contributed by atoms with Crippen LogP contribution >= 0.6 is 0 Å². The van der Waals surface area contributed by atoms with Crippen molar-refractivity contribution < 1.29 is 14.4 Å². The number of fused-ring (bicyclic) bond motifs is 1. The highest BCUT2D eigenvalue weighted by Crippen LogP contribution is 2.36. The third-order valence-electron chi connectivity index (χ3n) is 5.71. The Balaban J connectivity index is 1.69. The van der Waals surface area contributed by atoms with Crippen LogP contribution in [0.1, 0.15) is 35.3 Å². The van der Waals surface area contributed by atoms with Crippen LogP contribution in [0.5, 0.6) is 0 Å². The first-order valence-electron chi connectivity index (χ1n) is 10.5. The van der Waals surface area contributed by atoms with Gasteiger partial charge in [0.15, 0.2) is 0 Å². The number of benzene rings is 3. The molecule has 0 saturated carbocycles. The molecule has 0 aromatic heterocycles. The maximum absolute atomic E-state index is 13.6. The lowest BCUT2D eigenvalue weighted by Gasteiger charge is -2.44. The number of hydrogen-bond acceptors (Lipinski definition) is 3. The van der Waals surface area contributed by atoms with E-state index in [0.717, 1.165) is 11.1 Å². The van der Waals surface area contributed by atoms with Crippen LogP contribution < -0.4 is 15.5 Å². The molecule has 1 heterocycles. The second kappa shape index (κ2) is 8.67. The quantitative estimate of drug-likeness (QED) is 0.648. The fourth-order valence-electron chi connectivity index (χ4n) is 4.13. The second-order valence-corrected chi connectivity index (χ2v) is 8.14. The maximum atomic E-state index is 13.6. The smallest absolute Gasteiger partial charge is 0.259 e. The van der Waals surface area contributed by atoms with Gasteiger partial charge in [0.05, 0.1) is 0 Å². The van der Waals surface area contributed by atoms with Crippen LogP contribution in [0.4, 0.5) is 11.4 Å². The second-order valence-electron chi connectivity index (χ2n) is 8.14. The fourth-order valence-corrected chi connectivity index (χ4v) is 4.13. The topological polar surface area (TPSA) is 78.5 Å². The standard InChI is InChI=1S/C26H25N3O3/c1-18(30)28-21-12-14-22(15-13-21)29-24(31)23-11-7-6-10-20(23)16-26(29,2)25(32)27-17-19-8-4-3-5-9-19/h3-15H,16-17H2,1-2H3,(H,27,32)(H,28,30)/t26-/m1/s1. The molecule has 3 amide bonds. The summed E-state index contributed by atoms with van der Waals surface area (Å²) in [5, 5.41) is 5.73. The molecule has 6 nitrogen and oxygen atoms in total. The molecule has 0 saturated heterocycles. The van der Waals surface area contributed by atoms with Gasteiger partial charge in [0.2, 0.25) is 11.8 Å². The lowest BCUT2D eigenvalue weighted by Crippen LogP contribution is -2.63.